The van der Waals surface area contributed by atoms with E-state index in [0.29, 0.717) is 16.7 Å². The lowest BCUT2D eigenvalue weighted by Crippen LogP contribution is -2.52. The number of rotatable bonds is 0. The first-order valence-corrected chi connectivity index (χ1v) is 9.49. The first-order valence-electron chi connectivity index (χ1n) is 9.49. The zero-order valence-electron chi connectivity index (χ0n) is 13.9. The summed E-state index contributed by atoms with van der Waals surface area (Å²) in [6, 6.07) is 2.66. The van der Waals surface area contributed by atoms with E-state index in [1.807, 2.05) is 0 Å². The Kier molecular flexibility index (Phi) is 3.18. The zero-order valence-corrected chi connectivity index (χ0v) is 13.9. The Bertz CT molecular complexity index is 463. The summed E-state index contributed by atoms with van der Waals surface area (Å²) in [6.45, 7) is 5.11. The molecule has 4 saturated carbocycles. The molecule has 0 spiro atoms. The lowest BCUT2D eigenvalue weighted by molar-refractivity contribution is -0.107. The second kappa shape index (κ2) is 4.74. The SMILES string of the molecule is C[C@@]12CC[C@H]3[C@@H](CC[C@@H]4CCCC[C@@]43C)[C@H]1CC[C@H]2C#N. The van der Waals surface area contributed by atoms with E-state index in [1.54, 1.807) is 0 Å². The van der Waals surface area contributed by atoms with E-state index in [1.165, 1.54) is 64.2 Å². The molecule has 4 rings (SSSR count). The first-order chi connectivity index (χ1) is 10.1. The van der Waals surface area contributed by atoms with Crippen LogP contribution in [0.15, 0.2) is 0 Å². The number of hydrogen-bond acceptors (Lipinski definition) is 1. The van der Waals surface area contributed by atoms with Crippen LogP contribution in [0.5, 0.6) is 0 Å². The molecule has 1 nitrogen and oxygen atoms in total. The Morgan fingerprint density at radius 3 is 2.43 bits per heavy atom. The number of fused-ring (bicyclic) bond motifs is 5. The third-order valence-electron chi connectivity index (χ3n) is 8.74. The van der Waals surface area contributed by atoms with E-state index >= 15 is 0 Å². The average Bonchev–Trinajstić information content (AvgIpc) is 2.83. The predicted octanol–water partition coefficient (Wildman–Crippen LogP) is 5.56. The Morgan fingerprint density at radius 2 is 1.62 bits per heavy atom. The molecular formula is C20H31N. The summed E-state index contributed by atoms with van der Waals surface area (Å²) >= 11 is 0. The summed E-state index contributed by atoms with van der Waals surface area (Å²) in [5, 5.41) is 9.55. The summed E-state index contributed by atoms with van der Waals surface area (Å²) in [5.74, 6) is 4.15. The molecule has 0 heterocycles. The van der Waals surface area contributed by atoms with Gasteiger partial charge in [-0.1, -0.05) is 26.7 Å². The highest BCUT2D eigenvalue weighted by Crippen LogP contribution is 2.67. The molecule has 7 atom stereocenters. The maximum absolute atomic E-state index is 9.55. The summed E-state index contributed by atoms with van der Waals surface area (Å²) in [5.41, 5.74) is 1.00. The minimum Gasteiger partial charge on any atom is -0.198 e. The van der Waals surface area contributed by atoms with Gasteiger partial charge in [-0.2, -0.15) is 5.26 Å². The molecule has 4 fully saturated rings. The third-order valence-corrected chi connectivity index (χ3v) is 8.74. The van der Waals surface area contributed by atoms with Crippen LogP contribution in [-0.4, -0.2) is 0 Å². The normalized spacial score (nSPS) is 56.0. The minimum absolute atomic E-state index is 0.348. The van der Waals surface area contributed by atoms with Crippen molar-refractivity contribution < 1.29 is 0 Å². The fraction of sp³-hybridized carbons (Fsp3) is 0.950. The van der Waals surface area contributed by atoms with Crippen molar-refractivity contribution in [1.82, 2.24) is 0 Å². The van der Waals surface area contributed by atoms with Gasteiger partial charge in [-0.15, -0.1) is 0 Å². The van der Waals surface area contributed by atoms with Gasteiger partial charge in [0.1, 0.15) is 0 Å². The maximum Gasteiger partial charge on any atom is 0.0661 e. The van der Waals surface area contributed by atoms with Crippen LogP contribution in [0.3, 0.4) is 0 Å². The van der Waals surface area contributed by atoms with Crippen LogP contribution in [-0.2, 0) is 0 Å². The standard InChI is InChI=1S/C20H31N/c1-19-11-4-3-5-14(19)6-8-16-17-9-7-15(13-21)20(17,2)12-10-18(16)19/h14-18H,3-12H2,1-2H3/t14-,15-,16-,17+,18-,19-,20-/m0/s1. The molecule has 0 bridgehead atoms. The highest BCUT2D eigenvalue weighted by molar-refractivity contribution is 5.12. The van der Waals surface area contributed by atoms with Gasteiger partial charge in [0.15, 0.2) is 0 Å². The van der Waals surface area contributed by atoms with Gasteiger partial charge >= 0.3 is 0 Å². The van der Waals surface area contributed by atoms with Gasteiger partial charge in [-0.25, -0.2) is 0 Å². The van der Waals surface area contributed by atoms with Crippen molar-refractivity contribution in [2.45, 2.75) is 78.1 Å². The van der Waals surface area contributed by atoms with Crippen molar-refractivity contribution in [2.24, 2.45) is 40.4 Å². The fourth-order valence-electron chi connectivity index (χ4n) is 7.51. The van der Waals surface area contributed by atoms with Gasteiger partial charge in [0.25, 0.3) is 0 Å². The number of nitrogens with zero attached hydrogens (tertiary/aromatic N) is 1. The summed E-state index contributed by atoms with van der Waals surface area (Å²) in [4.78, 5) is 0. The van der Waals surface area contributed by atoms with Crippen LogP contribution in [0.2, 0.25) is 0 Å². The Hall–Kier alpha value is -0.510. The van der Waals surface area contributed by atoms with E-state index < -0.39 is 0 Å². The van der Waals surface area contributed by atoms with E-state index in [-0.39, 0.29) is 0 Å². The molecule has 21 heavy (non-hydrogen) atoms. The van der Waals surface area contributed by atoms with Crippen molar-refractivity contribution >= 4 is 0 Å². The molecule has 0 aromatic heterocycles. The van der Waals surface area contributed by atoms with Crippen LogP contribution in [0.4, 0.5) is 0 Å². The summed E-state index contributed by atoms with van der Waals surface area (Å²) in [7, 11) is 0. The first kappa shape index (κ1) is 14.1. The number of nitriles is 1. The zero-order chi connectivity index (χ0) is 14.7. The summed E-state index contributed by atoms with van der Waals surface area (Å²) < 4.78 is 0. The van der Waals surface area contributed by atoms with Crippen molar-refractivity contribution in [3.05, 3.63) is 0 Å². The van der Waals surface area contributed by atoms with E-state index in [0.717, 1.165) is 23.7 Å². The molecule has 0 aliphatic heterocycles. The smallest absolute Gasteiger partial charge is 0.0661 e. The van der Waals surface area contributed by atoms with Gasteiger partial charge in [-0.3, -0.25) is 0 Å². The molecule has 0 aromatic carbocycles. The second-order valence-electron chi connectivity index (χ2n) is 9.21. The van der Waals surface area contributed by atoms with Crippen LogP contribution in [0.1, 0.15) is 78.1 Å². The highest BCUT2D eigenvalue weighted by Gasteiger charge is 2.59. The molecule has 1 heteroatoms. The van der Waals surface area contributed by atoms with Gasteiger partial charge in [0, 0.05) is 0 Å². The van der Waals surface area contributed by atoms with Crippen LogP contribution in [0, 0.1) is 51.8 Å². The van der Waals surface area contributed by atoms with E-state index in [2.05, 4.69) is 19.9 Å². The molecular weight excluding hydrogens is 254 g/mol. The maximum atomic E-state index is 9.55. The van der Waals surface area contributed by atoms with Crippen molar-refractivity contribution in [3.63, 3.8) is 0 Å². The fourth-order valence-corrected chi connectivity index (χ4v) is 7.51. The topological polar surface area (TPSA) is 23.8 Å². The quantitative estimate of drug-likeness (QED) is 0.571. The van der Waals surface area contributed by atoms with Crippen molar-refractivity contribution in [1.29, 1.82) is 5.26 Å². The molecule has 0 amide bonds. The van der Waals surface area contributed by atoms with Crippen LogP contribution in [0.25, 0.3) is 0 Å². The largest absolute Gasteiger partial charge is 0.198 e. The molecule has 0 radical (unpaired) electrons. The molecule has 0 saturated heterocycles. The van der Waals surface area contributed by atoms with Crippen molar-refractivity contribution in [3.8, 4) is 6.07 Å². The molecule has 4 aliphatic carbocycles. The number of hydrogen-bond donors (Lipinski definition) is 0. The van der Waals surface area contributed by atoms with Gasteiger partial charge < -0.3 is 0 Å². The highest BCUT2D eigenvalue weighted by atomic mass is 14.6. The predicted molar refractivity (Wildman–Crippen MR) is 85.4 cm³/mol. The van der Waals surface area contributed by atoms with Gasteiger partial charge in [0.2, 0.25) is 0 Å². The minimum atomic E-state index is 0.348. The van der Waals surface area contributed by atoms with E-state index in [9.17, 15) is 5.26 Å². The van der Waals surface area contributed by atoms with E-state index in [4.69, 9.17) is 0 Å². The molecule has 0 N–H and O–H groups in total. The molecule has 0 unspecified atom stereocenters. The molecule has 116 valence electrons. The van der Waals surface area contributed by atoms with Crippen LogP contribution >= 0.6 is 0 Å². The second-order valence-corrected chi connectivity index (χ2v) is 9.21. The Morgan fingerprint density at radius 1 is 0.810 bits per heavy atom. The average molecular weight is 285 g/mol. The van der Waals surface area contributed by atoms with Gasteiger partial charge in [0.05, 0.1) is 12.0 Å². The Balaban J connectivity index is 1.64. The molecule has 0 aromatic rings. The Labute approximate surface area is 130 Å². The summed E-state index contributed by atoms with van der Waals surface area (Å²) in [6.07, 6.45) is 14.2. The lowest BCUT2D eigenvalue weighted by Gasteiger charge is -2.60. The third kappa shape index (κ3) is 1.80. The van der Waals surface area contributed by atoms with Crippen LogP contribution < -0.4 is 0 Å². The molecule has 4 aliphatic rings. The van der Waals surface area contributed by atoms with Crippen molar-refractivity contribution in [2.75, 3.05) is 0 Å². The lowest BCUT2D eigenvalue weighted by atomic mass is 9.45. The monoisotopic (exact) mass is 285 g/mol. The van der Waals surface area contributed by atoms with Gasteiger partial charge in [-0.05, 0) is 85.9 Å².